The van der Waals surface area contributed by atoms with Gasteiger partial charge in [-0.1, -0.05) is 13.0 Å². The van der Waals surface area contributed by atoms with Gasteiger partial charge in [-0.2, -0.15) is 0 Å². The van der Waals surface area contributed by atoms with Crippen LogP contribution in [0.5, 0.6) is 5.75 Å². The summed E-state index contributed by atoms with van der Waals surface area (Å²) in [5, 5.41) is 10.4. The Morgan fingerprint density at radius 2 is 2.06 bits per heavy atom. The maximum absolute atomic E-state index is 11.0. The highest BCUT2D eigenvalue weighted by Crippen LogP contribution is 2.17. The predicted molar refractivity (Wildman–Crippen MR) is 67.6 cm³/mol. The molecule has 0 spiro atoms. The molecule has 5 nitrogen and oxygen atoms in total. The largest absolute Gasteiger partial charge is 0.493 e. The lowest BCUT2D eigenvalue weighted by Crippen LogP contribution is -1.96. The lowest BCUT2D eigenvalue weighted by atomic mass is 10.2. The van der Waals surface area contributed by atoms with Crippen molar-refractivity contribution in [1.29, 1.82) is 0 Å². The van der Waals surface area contributed by atoms with Gasteiger partial charge in [0.25, 0.3) is 5.69 Å². The number of ketones is 1. The van der Waals surface area contributed by atoms with Crippen molar-refractivity contribution < 1.29 is 14.5 Å². The molecule has 0 atom stereocenters. The van der Waals surface area contributed by atoms with Gasteiger partial charge in [-0.25, -0.2) is 0 Å². The van der Waals surface area contributed by atoms with E-state index in [9.17, 15) is 14.9 Å². The van der Waals surface area contributed by atoms with Crippen molar-refractivity contribution in [1.82, 2.24) is 0 Å². The van der Waals surface area contributed by atoms with Gasteiger partial charge in [0.05, 0.1) is 11.5 Å². The van der Waals surface area contributed by atoms with Crippen molar-refractivity contribution in [3.05, 3.63) is 46.5 Å². The molecule has 0 heterocycles. The number of nitro benzene ring substituents is 1. The Hall–Kier alpha value is -2.17. The molecule has 1 aromatic carbocycles. The van der Waals surface area contributed by atoms with Crippen LogP contribution in [-0.4, -0.2) is 17.3 Å². The Labute approximate surface area is 105 Å². The van der Waals surface area contributed by atoms with Gasteiger partial charge in [0.1, 0.15) is 5.75 Å². The number of hydrogen-bond donors (Lipinski definition) is 0. The van der Waals surface area contributed by atoms with Gasteiger partial charge in [0, 0.05) is 18.6 Å². The molecule has 0 aliphatic rings. The highest BCUT2D eigenvalue weighted by atomic mass is 16.6. The number of rotatable bonds is 7. The van der Waals surface area contributed by atoms with E-state index in [-0.39, 0.29) is 11.5 Å². The zero-order chi connectivity index (χ0) is 13.4. The Balaban J connectivity index is 2.33. The summed E-state index contributed by atoms with van der Waals surface area (Å²) < 4.78 is 5.37. The van der Waals surface area contributed by atoms with Crippen molar-refractivity contribution in [3.63, 3.8) is 0 Å². The van der Waals surface area contributed by atoms with Gasteiger partial charge >= 0.3 is 0 Å². The number of allylic oxidation sites excluding steroid dienone is 1. The van der Waals surface area contributed by atoms with E-state index in [1.165, 1.54) is 12.1 Å². The summed E-state index contributed by atoms with van der Waals surface area (Å²) in [6.45, 7) is 2.24. The number of ether oxygens (including phenoxy) is 1. The molecule has 0 aliphatic heterocycles. The Bertz CT molecular complexity index is 437. The molecule has 1 aromatic rings. The topological polar surface area (TPSA) is 69.4 Å². The third-order valence-electron chi connectivity index (χ3n) is 2.25. The monoisotopic (exact) mass is 249 g/mol. The van der Waals surface area contributed by atoms with Crippen molar-refractivity contribution >= 4 is 11.5 Å². The van der Waals surface area contributed by atoms with E-state index >= 15 is 0 Å². The second-order valence-corrected chi connectivity index (χ2v) is 3.61. The summed E-state index contributed by atoms with van der Waals surface area (Å²) in [4.78, 5) is 20.9. The molecule has 0 radical (unpaired) electrons. The number of hydrogen-bond acceptors (Lipinski definition) is 4. The maximum atomic E-state index is 11.0. The fraction of sp³-hybridized carbons (Fsp3) is 0.308. The zero-order valence-corrected chi connectivity index (χ0v) is 10.2. The third kappa shape index (κ3) is 4.78. The molecule has 0 saturated heterocycles. The van der Waals surface area contributed by atoms with Crippen molar-refractivity contribution in [2.75, 3.05) is 6.61 Å². The number of non-ortho nitro benzene ring substituents is 1. The lowest BCUT2D eigenvalue weighted by Gasteiger charge is -2.03. The lowest BCUT2D eigenvalue weighted by molar-refractivity contribution is -0.384. The van der Waals surface area contributed by atoms with Gasteiger partial charge in [0.2, 0.25) is 0 Å². The highest BCUT2D eigenvalue weighted by molar-refractivity contribution is 5.89. The Kier molecular flexibility index (Phi) is 5.57. The Morgan fingerprint density at radius 3 is 2.61 bits per heavy atom. The molecule has 1 rings (SSSR count). The third-order valence-corrected chi connectivity index (χ3v) is 2.25. The first-order valence-corrected chi connectivity index (χ1v) is 5.70. The predicted octanol–water partition coefficient (Wildman–Crippen LogP) is 2.90. The first-order valence-electron chi connectivity index (χ1n) is 5.70. The van der Waals surface area contributed by atoms with Crippen molar-refractivity contribution in [2.24, 2.45) is 0 Å². The molecule has 96 valence electrons. The minimum atomic E-state index is -0.455. The summed E-state index contributed by atoms with van der Waals surface area (Å²) in [5.41, 5.74) is 0.0378. The quantitative estimate of drug-likeness (QED) is 0.322. The van der Waals surface area contributed by atoms with Crippen LogP contribution in [0.15, 0.2) is 36.4 Å². The zero-order valence-electron chi connectivity index (χ0n) is 10.2. The fourth-order valence-corrected chi connectivity index (χ4v) is 1.24. The number of nitrogens with zero attached hydrogens (tertiary/aromatic N) is 1. The average molecular weight is 249 g/mol. The second kappa shape index (κ2) is 7.21. The van der Waals surface area contributed by atoms with E-state index in [1.807, 2.05) is 0 Å². The van der Waals surface area contributed by atoms with E-state index < -0.39 is 4.92 Å². The number of nitro groups is 1. The molecule has 0 saturated carbocycles. The van der Waals surface area contributed by atoms with Crippen molar-refractivity contribution in [2.45, 2.75) is 19.8 Å². The van der Waals surface area contributed by atoms with Crippen LogP contribution >= 0.6 is 0 Å². The molecule has 0 amide bonds. The molecule has 0 fully saturated rings. The van der Waals surface area contributed by atoms with Crippen LogP contribution in [0.1, 0.15) is 19.8 Å². The first kappa shape index (κ1) is 13.9. The van der Waals surface area contributed by atoms with E-state index in [2.05, 4.69) is 0 Å². The molecular formula is C13H15NO4. The summed E-state index contributed by atoms with van der Waals surface area (Å²) >= 11 is 0. The molecule has 0 unspecified atom stereocenters. The Morgan fingerprint density at radius 1 is 1.39 bits per heavy atom. The number of benzene rings is 1. The van der Waals surface area contributed by atoms with Crippen LogP contribution in [0.2, 0.25) is 0 Å². The van der Waals surface area contributed by atoms with E-state index in [1.54, 1.807) is 31.2 Å². The van der Waals surface area contributed by atoms with Gasteiger partial charge in [-0.15, -0.1) is 0 Å². The van der Waals surface area contributed by atoms with Crippen LogP contribution in [0.4, 0.5) is 5.69 Å². The fourth-order valence-electron chi connectivity index (χ4n) is 1.24. The molecule has 5 heteroatoms. The van der Waals surface area contributed by atoms with Gasteiger partial charge < -0.3 is 4.74 Å². The minimum Gasteiger partial charge on any atom is -0.493 e. The molecule has 0 N–H and O–H groups in total. The summed E-state index contributed by atoms with van der Waals surface area (Å²) in [5.74, 6) is 0.668. The van der Waals surface area contributed by atoms with Gasteiger partial charge in [0.15, 0.2) is 5.78 Å². The van der Waals surface area contributed by atoms with Crippen LogP contribution in [0.3, 0.4) is 0 Å². The standard InChI is InChI=1S/C13H15NO4/c1-2-12(15)5-3-4-10-18-13-8-6-11(7-9-13)14(16)17/h3,5-9H,2,4,10H2,1H3/b5-3+. The average Bonchev–Trinajstić information content (AvgIpc) is 2.38. The van der Waals surface area contributed by atoms with Crippen LogP contribution in [-0.2, 0) is 4.79 Å². The SMILES string of the molecule is CCC(=O)/C=C/CCOc1ccc([N+](=O)[O-])cc1. The summed E-state index contributed by atoms with van der Waals surface area (Å²) in [6, 6.07) is 5.90. The van der Waals surface area contributed by atoms with E-state index in [0.717, 1.165) is 0 Å². The minimum absolute atomic E-state index is 0.0378. The molecule has 18 heavy (non-hydrogen) atoms. The van der Waals surface area contributed by atoms with Crippen molar-refractivity contribution in [3.8, 4) is 5.75 Å². The highest BCUT2D eigenvalue weighted by Gasteiger charge is 2.03. The molecular weight excluding hydrogens is 234 g/mol. The van der Waals surface area contributed by atoms with E-state index in [0.29, 0.717) is 25.2 Å². The first-order chi connectivity index (χ1) is 8.63. The van der Waals surface area contributed by atoms with Gasteiger partial charge in [-0.05, 0) is 24.6 Å². The second-order valence-electron chi connectivity index (χ2n) is 3.61. The molecule has 0 aromatic heterocycles. The summed E-state index contributed by atoms with van der Waals surface area (Å²) in [7, 11) is 0. The molecule has 0 bridgehead atoms. The van der Waals surface area contributed by atoms with Crippen LogP contribution in [0, 0.1) is 10.1 Å². The normalized spacial score (nSPS) is 10.5. The summed E-state index contributed by atoms with van der Waals surface area (Å²) in [6.07, 6.45) is 4.43. The number of carbonyl (C=O) groups is 1. The van der Waals surface area contributed by atoms with Crippen LogP contribution < -0.4 is 4.74 Å². The van der Waals surface area contributed by atoms with E-state index in [4.69, 9.17) is 4.74 Å². The van der Waals surface area contributed by atoms with Crippen LogP contribution in [0.25, 0.3) is 0 Å². The van der Waals surface area contributed by atoms with Gasteiger partial charge in [-0.3, -0.25) is 14.9 Å². The molecule has 0 aliphatic carbocycles. The smallest absolute Gasteiger partial charge is 0.269 e. The number of carbonyl (C=O) groups excluding carboxylic acids is 1. The maximum Gasteiger partial charge on any atom is 0.269 e.